The van der Waals surface area contributed by atoms with Crippen molar-refractivity contribution in [1.29, 1.82) is 0 Å². The van der Waals surface area contributed by atoms with Crippen molar-refractivity contribution in [2.75, 3.05) is 24.0 Å². The Morgan fingerprint density at radius 3 is 2.74 bits per heavy atom. The van der Waals surface area contributed by atoms with Crippen molar-refractivity contribution < 1.29 is 14.3 Å². The molecule has 1 aliphatic heterocycles. The van der Waals surface area contributed by atoms with E-state index in [1.165, 1.54) is 0 Å². The summed E-state index contributed by atoms with van der Waals surface area (Å²) in [4.78, 5) is 11.9. The second kappa shape index (κ2) is 6.79. The summed E-state index contributed by atoms with van der Waals surface area (Å²) in [5.41, 5.74) is 2.57. The average molecular weight is 333 g/mol. The molecule has 120 valence electrons. The number of nitrogens with one attached hydrogen (secondary N) is 2. The van der Waals surface area contributed by atoms with Crippen LogP contribution in [0.2, 0.25) is 5.02 Å². The fourth-order valence-corrected chi connectivity index (χ4v) is 2.40. The van der Waals surface area contributed by atoms with E-state index in [0.29, 0.717) is 29.4 Å². The fourth-order valence-electron chi connectivity index (χ4n) is 2.22. The molecule has 23 heavy (non-hydrogen) atoms. The van der Waals surface area contributed by atoms with Gasteiger partial charge in [0, 0.05) is 35.4 Å². The first-order valence-electron chi connectivity index (χ1n) is 7.31. The Morgan fingerprint density at radius 2 is 1.91 bits per heavy atom. The fraction of sp³-hybridized carbons (Fsp3) is 0.235. The molecule has 3 rings (SSSR count). The molecule has 6 heteroatoms. The van der Waals surface area contributed by atoms with Crippen molar-refractivity contribution in [2.24, 2.45) is 0 Å². The second-order valence-corrected chi connectivity index (χ2v) is 5.66. The normalized spacial score (nSPS) is 12.1. The van der Waals surface area contributed by atoms with Crippen LogP contribution in [-0.4, -0.2) is 19.2 Å². The zero-order valence-electron chi connectivity index (χ0n) is 12.7. The first-order valence-corrected chi connectivity index (χ1v) is 7.69. The van der Waals surface area contributed by atoms with Gasteiger partial charge in [-0.1, -0.05) is 17.7 Å². The predicted octanol–water partition coefficient (Wildman–Crippen LogP) is 3.82. The van der Waals surface area contributed by atoms with E-state index in [0.717, 1.165) is 17.0 Å². The van der Waals surface area contributed by atoms with E-state index in [-0.39, 0.29) is 12.7 Å². The van der Waals surface area contributed by atoms with Crippen molar-refractivity contribution in [3.63, 3.8) is 0 Å². The van der Waals surface area contributed by atoms with E-state index in [4.69, 9.17) is 21.1 Å². The number of aryl methyl sites for hydroxylation is 1. The molecule has 1 heterocycles. The molecule has 2 aromatic carbocycles. The molecule has 0 spiro atoms. The first-order chi connectivity index (χ1) is 11.1. The maximum Gasteiger partial charge on any atom is 0.231 e. The zero-order valence-corrected chi connectivity index (χ0v) is 13.4. The maximum absolute atomic E-state index is 11.9. The molecule has 1 aliphatic rings. The molecule has 0 unspecified atom stereocenters. The van der Waals surface area contributed by atoms with E-state index in [1.807, 2.05) is 37.3 Å². The van der Waals surface area contributed by atoms with Gasteiger partial charge in [0.25, 0.3) is 0 Å². The van der Waals surface area contributed by atoms with Crippen LogP contribution in [0.1, 0.15) is 12.0 Å². The summed E-state index contributed by atoms with van der Waals surface area (Å²) >= 11 is 6.04. The number of benzene rings is 2. The number of ether oxygens (including phenoxy) is 2. The zero-order chi connectivity index (χ0) is 16.2. The topological polar surface area (TPSA) is 59.6 Å². The maximum atomic E-state index is 11.9. The quantitative estimate of drug-likeness (QED) is 0.874. The van der Waals surface area contributed by atoms with Gasteiger partial charge in [-0.3, -0.25) is 4.79 Å². The molecule has 5 nitrogen and oxygen atoms in total. The van der Waals surface area contributed by atoms with Gasteiger partial charge in [0.15, 0.2) is 11.5 Å². The van der Waals surface area contributed by atoms with Crippen LogP contribution in [0.5, 0.6) is 11.5 Å². The molecule has 0 aliphatic carbocycles. The van der Waals surface area contributed by atoms with Crippen LogP contribution in [0.25, 0.3) is 0 Å². The van der Waals surface area contributed by atoms with Gasteiger partial charge in [0.1, 0.15) is 0 Å². The number of rotatable bonds is 5. The third kappa shape index (κ3) is 3.87. The Bertz CT molecular complexity index is 734. The summed E-state index contributed by atoms with van der Waals surface area (Å²) in [5, 5.41) is 6.66. The number of anilines is 2. The largest absolute Gasteiger partial charge is 0.454 e. The lowest BCUT2D eigenvalue weighted by Crippen LogP contribution is -2.16. The molecule has 0 saturated carbocycles. The van der Waals surface area contributed by atoms with E-state index in [2.05, 4.69) is 10.6 Å². The van der Waals surface area contributed by atoms with E-state index in [9.17, 15) is 4.79 Å². The van der Waals surface area contributed by atoms with Crippen LogP contribution >= 0.6 is 11.6 Å². The van der Waals surface area contributed by atoms with Crippen molar-refractivity contribution in [1.82, 2.24) is 0 Å². The number of carbonyl (C=O) groups excluding carboxylic acids is 1. The average Bonchev–Trinajstić information content (AvgIpc) is 2.98. The van der Waals surface area contributed by atoms with Gasteiger partial charge in [0.2, 0.25) is 12.7 Å². The highest BCUT2D eigenvalue weighted by Crippen LogP contribution is 2.34. The summed E-state index contributed by atoms with van der Waals surface area (Å²) < 4.78 is 10.6. The predicted molar refractivity (Wildman–Crippen MR) is 90.5 cm³/mol. The number of fused-ring (bicyclic) bond motifs is 1. The van der Waals surface area contributed by atoms with Gasteiger partial charge < -0.3 is 20.1 Å². The Hall–Kier alpha value is -2.40. The highest BCUT2D eigenvalue weighted by Gasteiger charge is 2.13. The van der Waals surface area contributed by atoms with Gasteiger partial charge in [-0.2, -0.15) is 0 Å². The molecular weight excluding hydrogens is 316 g/mol. The standard InChI is InChI=1S/C17H17ClN2O3/c1-11-2-3-13(8-14(11)18)20-17(21)6-7-19-12-4-5-15-16(9-12)23-10-22-15/h2-5,8-9,19H,6-7,10H2,1H3,(H,20,21). The van der Waals surface area contributed by atoms with Gasteiger partial charge in [0.05, 0.1) is 0 Å². The lowest BCUT2D eigenvalue weighted by molar-refractivity contribution is -0.115. The summed E-state index contributed by atoms with van der Waals surface area (Å²) in [6.07, 6.45) is 0.347. The molecule has 0 radical (unpaired) electrons. The summed E-state index contributed by atoms with van der Waals surface area (Å²) in [7, 11) is 0. The molecule has 2 N–H and O–H groups in total. The van der Waals surface area contributed by atoms with Gasteiger partial charge in [-0.25, -0.2) is 0 Å². The minimum atomic E-state index is -0.0711. The number of hydrogen-bond acceptors (Lipinski definition) is 4. The number of amides is 1. The van der Waals surface area contributed by atoms with Crippen LogP contribution in [-0.2, 0) is 4.79 Å². The van der Waals surface area contributed by atoms with Crippen LogP contribution in [0.3, 0.4) is 0 Å². The molecule has 0 saturated heterocycles. The highest BCUT2D eigenvalue weighted by atomic mass is 35.5. The summed E-state index contributed by atoms with van der Waals surface area (Å²) in [6.45, 7) is 2.69. The Morgan fingerprint density at radius 1 is 1.13 bits per heavy atom. The minimum Gasteiger partial charge on any atom is -0.454 e. The van der Waals surface area contributed by atoms with Crippen LogP contribution in [0.15, 0.2) is 36.4 Å². The summed E-state index contributed by atoms with van der Waals surface area (Å²) in [6, 6.07) is 11.1. The Kier molecular flexibility index (Phi) is 4.57. The third-order valence-electron chi connectivity index (χ3n) is 3.51. The van der Waals surface area contributed by atoms with E-state index >= 15 is 0 Å². The molecule has 0 aromatic heterocycles. The van der Waals surface area contributed by atoms with Crippen molar-refractivity contribution in [3.05, 3.63) is 47.0 Å². The molecular formula is C17H17ClN2O3. The molecule has 0 fully saturated rings. The Balaban J connectivity index is 1.48. The molecule has 2 aromatic rings. The second-order valence-electron chi connectivity index (χ2n) is 5.26. The van der Waals surface area contributed by atoms with Crippen LogP contribution in [0.4, 0.5) is 11.4 Å². The number of carbonyl (C=O) groups is 1. The molecule has 0 atom stereocenters. The third-order valence-corrected chi connectivity index (χ3v) is 3.92. The van der Waals surface area contributed by atoms with E-state index in [1.54, 1.807) is 6.07 Å². The molecule has 0 bridgehead atoms. The van der Waals surface area contributed by atoms with Gasteiger partial charge in [-0.15, -0.1) is 0 Å². The van der Waals surface area contributed by atoms with Crippen LogP contribution in [0, 0.1) is 6.92 Å². The first kappa shape index (κ1) is 15.5. The lowest BCUT2D eigenvalue weighted by atomic mass is 10.2. The SMILES string of the molecule is Cc1ccc(NC(=O)CCNc2ccc3c(c2)OCO3)cc1Cl. The number of halogens is 1. The number of hydrogen-bond donors (Lipinski definition) is 2. The Labute approximate surface area is 139 Å². The van der Waals surface area contributed by atoms with Crippen molar-refractivity contribution >= 4 is 28.9 Å². The monoisotopic (exact) mass is 332 g/mol. The van der Waals surface area contributed by atoms with E-state index < -0.39 is 0 Å². The van der Waals surface area contributed by atoms with Gasteiger partial charge in [-0.05, 0) is 36.8 Å². The highest BCUT2D eigenvalue weighted by molar-refractivity contribution is 6.31. The van der Waals surface area contributed by atoms with Crippen molar-refractivity contribution in [3.8, 4) is 11.5 Å². The smallest absolute Gasteiger partial charge is 0.231 e. The van der Waals surface area contributed by atoms with Gasteiger partial charge >= 0.3 is 0 Å². The lowest BCUT2D eigenvalue weighted by Gasteiger charge is -2.09. The van der Waals surface area contributed by atoms with Crippen LogP contribution < -0.4 is 20.1 Å². The minimum absolute atomic E-state index is 0.0711. The summed E-state index contributed by atoms with van der Waals surface area (Å²) in [5.74, 6) is 1.39. The van der Waals surface area contributed by atoms with Crippen molar-refractivity contribution in [2.45, 2.75) is 13.3 Å². The molecule has 1 amide bonds.